The molecule has 0 bridgehead atoms. The van der Waals surface area contributed by atoms with Crippen LogP contribution in [0.2, 0.25) is 0 Å². The number of rotatable bonds is 7. The lowest BCUT2D eigenvalue weighted by molar-refractivity contribution is -0.111. The fourth-order valence-corrected chi connectivity index (χ4v) is 2.28. The van der Waals surface area contributed by atoms with Crippen LogP contribution in [0, 0.1) is 0 Å². The maximum Gasteiger partial charge on any atom is 0.335 e. The topological polar surface area (TPSA) is 94.1 Å². The van der Waals surface area contributed by atoms with Gasteiger partial charge in [0, 0.05) is 11.8 Å². The third-order valence-corrected chi connectivity index (χ3v) is 3.49. The van der Waals surface area contributed by atoms with Crippen molar-refractivity contribution in [2.45, 2.75) is 0 Å². The van der Waals surface area contributed by atoms with E-state index in [-0.39, 0.29) is 5.56 Å². The lowest BCUT2D eigenvalue weighted by Gasteiger charge is -2.12. The predicted molar refractivity (Wildman–Crippen MR) is 97.2 cm³/mol. The number of nitrogens with one attached hydrogen (secondary N) is 1. The van der Waals surface area contributed by atoms with E-state index in [2.05, 4.69) is 5.32 Å². The molecule has 0 saturated carbocycles. The van der Waals surface area contributed by atoms with Crippen molar-refractivity contribution in [3.63, 3.8) is 0 Å². The normalized spacial score (nSPS) is 10.4. The van der Waals surface area contributed by atoms with E-state index < -0.39 is 11.9 Å². The van der Waals surface area contributed by atoms with Crippen LogP contribution >= 0.6 is 0 Å². The van der Waals surface area contributed by atoms with Gasteiger partial charge >= 0.3 is 5.97 Å². The second kappa shape index (κ2) is 8.57. The summed E-state index contributed by atoms with van der Waals surface area (Å²) >= 11 is 0. The van der Waals surface area contributed by atoms with Crippen molar-refractivity contribution in [3.05, 3.63) is 53.6 Å². The highest BCUT2D eigenvalue weighted by Gasteiger charge is 2.12. The Morgan fingerprint density at radius 2 is 1.65 bits per heavy atom. The van der Waals surface area contributed by atoms with Crippen LogP contribution in [0.3, 0.4) is 0 Å². The minimum Gasteiger partial charge on any atom is -0.493 e. The number of carboxylic acids is 1. The Hall–Kier alpha value is -3.48. The summed E-state index contributed by atoms with van der Waals surface area (Å²) < 4.78 is 15.8. The number of methoxy groups -OCH3 is 3. The number of aromatic carboxylic acids is 1. The molecule has 0 heterocycles. The highest BCUT2D eigenvalue weighted by molar-refractivity contribution is 6.02. The lowest BCUT2D eigenvalue weighted by Crippen LogP contribution is -2.08. The van der Waals surface area contributed by atoms with Gasteiger partial charge in [-0.3, -0.25) is 4.79 Å². The van der Waals surface area contributed by atoms with Crippen LogP contribution in [0.15, 0.2) is 42.5 Å². The van der Waals surface area contributed by atoms with E-state index in [0.29, 0.717) is 28.5 Å². The van der Waals surface area contributed by atoms with E-state index in [1.165, 1.54) is 39.5 Å². The van der Waals surface area contributed by atoms with Crippen molar-refractivity contribution < 1.29 is 28.9 Å². The molecule has 0 aliphatic rings. The van der Waals surface area contributed by atoms with Crippen LogP contribution in [-0.4, -0.2) is 38.3 Å². The van der Waals surface area contributed by atoms with Gasteiger partial charge in [0.05, 0.1) is 26.9 Å². The zero-order valence-corrected chi connectivity index (χ0v) is 14.6. The molecule has 0 aromatic heterocycles. The molecule has 0 fully saturated rings. The molecule has 136 valence electrons. The van der Waals surface area contributed by atoms with Crippen molar-refractivity contribution in [2.75, 3.05) is 26.6 Å². The predicted octanol–water partition coefficient (Wildman–Crippen LogP) is 3.06. The quantitative estimate of drug-likeness (QED) is 0.740. The Balaban J connectivity index is 2.17. The van der Waals surface area contributed by atoms with Crippen molar-refractivity contribution in [3.8, 4) is 17.2 Å². The molecule has 0 radical (unpaired) electrons. The number of carbonyl (C=O) groups excluding carboxylic acids is 1. The number of carboxylic acid groups (broad SMARTS) is 1. The molecule has 2 aromatic rings. The minimum absolute atomic E-state index is 0.0939. The number of hydrogen-bond acceptors (Lipinski definition) is 5. The molecular weight excluding hydrogens is 338 g/mol. The first-order valence-electron chi connectivity index (χ1n) is 7.61. The molecule has 1 amide bonds. The van der Waals surface area contributed by atoms with Crippen LogP contribution in [0.25, 0.3) is 6.08 Å². The fourth-order valence-electron chi connectivity index (χ4n) is 2.28. The summed E-state index contributed by atoms with van der Waals surface area (Å²) in [5.41, 5.74) is 1.16. The maximum absolute atomic E-state index is 12.1. The second-order valence-electron chi connectivity index (χ2n) is 5.17. The molecular formula is C19H19NO6. The van der Waals surface area contributed by atoms with Gasteiger partial charge in [-0.1, -0.05) is 6.07 Å². The number of benzene rings is 2. The smallest absolute Gasteiger partial charge is 0.335 e. The number of carbonyl (C=O) groups is 2. The van der Waals surface area contributed by atoms with Crippen molar-refractivity contribution in [2.24, 2.45) is 0 Å². The Morgan fingerprint density at radius 1 is 1.00 bits per heavy atom. The van der Waals surface area contributed by atoms with Crippen LogP contribution in [0.1, 0.15) is 15.9 Å². The molecule has 2 N–H and O–H groups in total. The minimum atomic E-state index is -1.06. The van der Waals surface area contributed by atoms with Crippen molar-refractivity contribution >= 4 is 23.6 Å². The highest BCUT2D eigenvalue weighted by atomic mass is 16.5. The number of amides is 1. The summed E-state index contributed by atoms with van der Waals surface area (Å²) in [5.74, 6) is -0.0559. The Kier molecular flexibility index (Phi) is 6.21. The van der Waals surface area contributed by atoms with Crippen LogP contribution in [0.5, 0.6) is 17.2 Å². The van der Waals surface area contributed by atoms with Crippen LogP contribution in [-0.2, 0) is 4.79 Å². The SMILES string of the molecule is COc1cc(C=CC(=O)Nc2cccc(C(=O)O)c2)cc(OC)c1OC. The van der Waals surface area contributed by atoms with E-state index >= 15 is 0 Å². The van der Waals surface area contributed by atoms with E-state index in [9.17, 15) is 9.59 Å². The number of hydrogen-bond donors (Lipinski definition) is 2. The molecule has 7 nitrogen and oxygen atoms in total. The van der Waals surface area contributed by atoms with Gasteiger partial charge < -0.3 is 24.6 Å². The molecule has 2 aromatic carbocycles. The standard InChI is InChI=1S/C19H19NO6/c1-24-15-9-12(10-16(25-2)18(15)26-3)7-8-17(21)20-14-6-4-5-13(11-14)19(22)23/h4-11H,1-3H3,(H,20,21)(H,22,23). The third kappa shape index (κ3) is 4.54. The Labute approximate surface area is 150 Å². The van der Waals surface area contributed by atoms with E-state index in [1.807, 2.05) is 0 Å². The van der Waals surface area contributed by atoms with E-state index in [1.54, 1.807) is 30.3 Å². The Morgan fingerprint density at radius 3 is 2.19 bits per heavy atom. The summed E-state index contributed by atoms with van der Waals surface area (Å²) in [7, 11) is 4.52. The van der Waals surface area contributed by atoms with Crippen molar-refractivity contribution in [1.82, 2.24) is 0 Å². The monoisotopic (exact) mass is 357 g/mol. The zero-order valence-electron chi connectivity index (χ0n) is 14.6. The van der Waals surface area contributed by atoms with Crippen LogP contribution in [0.4, 0.5) is 5.69 Å². The molecule has 2 rings (SSSR count). The molecule has 0 spiro atoms. The van der Waals surface area contributed by atoms with Gasteiger partial charge in [-0.2, -0.15) is 0 Å². The largest absolute Gasteiger partial charge is 0.493 e. The van der Waals surface area contributed by atoms with Crippen LogP contribution < -0.4 is 19.5 Å². The summed E-state index contributed by atoms with van der Waals surface area (Å²) in [4.78, 5) is 23.0. The first-order chi connectivity index (χ1) is 12.5. The van der Waals surface area contributed by atoms with E-state index in [0.717, 1.165) is 0 Å². The molecule has 26 heavy (non-hydrogen) atoms. The van der Waals surface area contributed by atoms with Gasteiger partial charge in [0.25, 0.3) is 0 Å². The molecule has 0 atom stereocenters. The summed E-state index contributed by atoms with van der Waals surface area (Å²) in [6.07, 6.45) is 2.91. The fraction of sp³-hybridized carbons (Fsp3) is 0.158. The number of anilines is 1. The highest BCUT2D eigenvalue weighted by Crippen LogP contribution is 2.38. The number of ether oxygens (including phenoxy) is 3. The second-order valence-corrected chi connectivity index (χ2v) is 5.17. The van der Waals surface area contributed by atoms with Gasteiger partial charge in [0.1, 0.15) is 0 Å². The van der Waals surface area contributed by atoms with Gasteiger partial charge in [-0.25, -0.2) is 4.79 Å². The average Bonchev–Trinajstić information content (AvgIpc) is 2.65. The lowest BCUT2D eigenvalue weighted by atomic mass is 10.1. The van der Waals surface area contributed by atoms with Gasteiger partial charge in [-0.05, 0) is 42.0 Å². The van der Waals surface area contributed by atoms with Gasteiger partial charge in [0.2, 0.25) is 11.7 Å². The summed E-state index contributed by atoms with van der Waals surface area (Å²) in [5, 5.41) is 11.6. The summed E-state index contributed by atoms with van der Waals surface area (Å²) in [6.45, 7) is 0. The molecule has 0 aliphatic heterocycles. The van der Waals surface area contributed by atoms with E-state index in [4.69, 9.17) is 19.3 Å². The first kappa shape index (κ1) is 18.9. The molecule has 0 saturated heterocycles. The molecule has 7 heteroatoms. The average molecular weight is 357 g/mol. The van der Waals surface area contributed by atoms with Crippen molar-refractivity contribution in [1.29, 1.82) is 0 Å². The molecule has 0 unspecified atom stereocenters. The third-order valence-electron chi connectivity index (χ3n) is 3.49. The Bertz CT molecular complexity index is 819. The molecule has 0 aliphatic carbocycles. The maximum atomic E-state index is 12.1. The first-order valence-corrected chi connectivity index (χ1v) is 7.61. The zero-order chi connectivity index (χ0) is 19.1. The van der Waals surface area contributed by atoms with Gasteiger partial charge in [-0.15, -0.1) is 0 Å². The summed E-state index contributed by atoms with van der Waals surface area (Å²) in [6, 6.07) is 9.41. The van der Waals surface area contributed by atoms with Gasteiger partial charge in [0.15, 0.2) is 11.5 Å².